The third-order valence-electron chi connectivity index (χ3n) is 5.40. The molecule has 6 nitrogen and oxygen atoms in total. The zero-order chi connectivity index (χ0) is 21.5. The number of benzene rings is 1. The molecule has 31 heavy (non-hydrogen) atoms. The molecule has 0 aliphatic heterocycles. The van der Waals surface area contributed by atoms with E-state index in [0.29, 0.717) is 27.7 Å². The summed E-state index contributed by atoms with van der Waals surface area (Å²) in [6, 6.07) is 12.4. The lowest BCUT2D eigenvalue weighted by Crippen LogP contribution is -2.00. The average molecular weight is 412 g/mol. The van der Waals surface area contributed by atoms with Gasteiger partial charge in [-0.3, -0.25) is 9.97 Å². The number of carbonyl (C=O) groups excluding carboxylic acids is 1. The quantitative estimate of drug-likeness (QED) is 0.399. The van der Waals surface area contributed by atoms with Crippen LogP contribution in [0, 0.1) is 5.82 Å². The SMILES string of the molecule is COC(=O)c1ccc(-c2c(F)cnc3c2c2cc(-c4cccnc4)ncc2n3C)cc1. The minimum Gasteiger partial charge on any atom is -0.465 e. The minimum atomic E-state index is -0.441. The van der Waals surface area contributed by atoms with Gasteiger partial charge < -0.3 is 9.30 Å². The molecular formula is C24H17FN4O2. The number of aryl methyl sites for hydroxylation is 1. The first-order chi connectivity index (χ1) is 15.1. The lowest BCUT2D eigenvalue weighted by molar-refractivity contribution is 0.0601. The molecule has 0 fully saturated rings. The van der Waals surface area contributed by atoms with Gasteiger partial charge in [-0.15, -0.1) is 0 Å². The second-order valence-corrected chi connectivity index (χ2v) is 7.14. The number of methoxy groups -OCH3 is 1. The highest BCUT2D eigenvalue weighted by Crippen LogP contribution is 2.37. The first-order valence-electron chi connectivity index (χ1n) is 9.60. The molecule has 0 radical (unpaired) electrons. The maximum absolute atomic E-state index is 15.1. The van der Waals surface area contributed by atoms with Crippen molar-refractivity contribution in [1.29, 1.82) is 0 Å². The van der Waals surface area contributed by atoms with Crippen LogP contribution < -0.4 is 0 Å². The number of halogens is 1. The number of pyridine rings is 3. The van der Waals surface area contributed by atoms with Crippen LogP contribution in [-0.2, 0) is 11.8 Å². The number of rotatable bonds is 3. The molecule has 0 amide bonds. The Labute approximate surface area is 177 Å². The van der Waals surface area contributed by atoms with Crippen LogP contribution in [0.2, 0.25) is 0 Å². The number of hydrogen-bond donors (Lipinski definition) is 0. The average Bonchev–Trinajstić information content (AvgIpc) is 3.10. The number of hydrogen-bond acceptors (Lipinski definition) is 5. The standard InChI is InChI=1S/C24H17FN4O2/c1-29-20-13-27-19(16-4-3-9-26-11-16)10-17(20)22-21(18(25)12-28-23(22)29)14-5-7-15(8-6-14)24(30)31-2/h3-13H,1-2H3. The molecule has 1 aromatic carbocycles. The Morgan fingerprint density at radius 1 is 1.03 bits per heavy atom. The molecule has 4 aromatic heterocycles. The van der Waals surface area contributed by atoms with Crippen LogP contribution in [0.1, 0.15) is 10.4 Å². The summed E-state index contributed by atoms with van der Waals surface area (Å²) in [5.41, 5.74) is 4.57. The first-order valence-corrected chi connectivity index (χ1v) is 9.60. The van der Waals surface area contributed by atoms with Crippen LogP contribution in [-0.4, -0.2) is 32.6 Å². The van der Waals surface area contributed by atoms with Gasteiger partial charge in [-0.05, 0) is 35.9 Å². The van der Waals surface area contributed by atoms with E-state index in [1.807, 2.05) is 29.8 Å². The predicted molar refractivity (Wildman–Crippen MR) is 116 cm³/mol. The summed E-state index contributed by atoms with van der Waals surface area (Å²) < 4.78 is 21.8. The van der Waals surface area contributed by atoms with Gasteiger partial charge in [-0.1, -0.05) is 12.1 Å². The number of carbonyl (C=O) groups is 1. The molecule has 0 saturated carbocycles. The van der Waals surface area contributed by atoms with Crippen molar-refractivity contribution < 1.29 is 13.9 Å². The molecular weight excluding hydrogens is 395 g/mol. The van der Waals surface area contributed by atoms with Crippen molar-refractivity contribution in [3.8, 4) is 22.4 Å². The van der Waals surface area contributed by atoms with E-state index in [1.165, 1.54) is 13.3 Å². The molecule has 0 atom stereocenters. The summed E-state index contributed by atoms with van der Waals surface area (Å²) in [5, 5.41) is 1.53. The Bertz CT molecular complexity index is 1440. The van der Waals surface area contributed by atoms with Gasteiger partial charge >= 0.3 is 5.97 Å². The lowest BCUT2D eigenvalue weighted by Gasteiger charge is -2.08. The van der Waals surface area contributed by atoms with Gasteiger partial charge in [0.2, 0.25) is 0 Å². The fourth-order valence-electron chi connectivity index (χ4n) is 3.86. The molecule has 152 valence electrons. The summed E-state index contributed by atoms with van der Waals surface area (Å²) in [7, 11) is 3.21. The van der Waals surface area contributed by atoms with Crippen molar-refractivity contribution in [2.24, 2.45) is 7.05 Å². The zero-order valence-corrected chi connectivity index (χ0v) is 16.8. The van der Waals surface area contributed by atoms with Crippen molar-refractivity contribution in [2.75, 3.05) is 7.11 Å². The van der Waals surface area contributed by atoms with E-state index in [0.717, 1.165) is 22.2 Å². The van der Waals surface area contributed by atoms with Crippen molar-refractivity contribution >= 4 is 27.9 Å². The van der Waals surface area contributed by atoms with E-state index in [4.69, 9.17) is 4.74 Å². The van der Waals surface area contributed by atoms with E-state index in [-0.39, 0.29) is 0 Å². The van der Waals surface area contributed by atoms with E-state index < -0.39 is 11.8 Å². The summed E-state index contributed by atoms with van der Waals surface area (Å²) in [6.45, 7) is 0. The molecule has 0 spiro atoms. The maximum atomic E-state index is 15.1. The molecule has 0 aliphatic rings. The van der Waals surface area contributed by atoms with Gasteiger partial charge in [0.15, 0.2) is 0 Å². The summed E-state index contributed by atoms with van der Waals surface area (Å²) in [4.78, 5) is 24.8. The van der Waals surface area contributed by atoms with Crippen LogP contribution in [0.15, 0.2) is 67.3 Å². The molecule has 0 saturated heterocycles. The van der Waals surface area contributed by atoms with Crippen LogP contribution in [0.3, 0.4) is 0 Å². The van der Waals surface area contributed by atoms with E-state index in [2.05, 4.69) is 15.0 Å². The Balaban J connectivity index is 1.79. The molecule has 5 aromatic rings. The smallest absolute Gasteiger partial charge is 0.337 e. The highest BCUT2D eigenvalue weighted by atomic mass is 19.1. The van der Waals surface area contributed by atoms with Crippen LogP contribution in [0.5, 0.6) is 0 Å². The number of ether oxygens (including phenoxy) is 1. The zero-order valence-electron chi connectivity index (χ0n) is 16.8. The number of aromatic nitrogens is 4. The fraction of sp³-hybridized carbons (Fsp3) is 0.0833. The second-order valence-electron chi connectivity index (χ2n) is 7.14. The number of nitrogens with zero attached hydrogens (tertiary/aromatic N) is 4. The highest BCUT2D eigenvalue weighted by Gasteiger charge is 2.19. The molecule has 0 unspecified atom stereocenters. The molecule has 5 rings (SSSR count). The van der Waals surface area contributed by atoms with Crippen molar-refractivity contribution in [3.63, 3.8) is 0 Å². The normalized spacial score (nSPS) is 11.2. The summed E-state index contributed by atoms with van der Waals surface area (Å²) >= 11 is 0. The Kier molecular flexibility index (Phi) is 4.43. The third-order valence-corrected chi connectivity index (χ3v) is 5.40. The van der Waals surface area contributed by atoms with Crippen molar-refractivity contribution in [3.05, 3.63) is 78.6 Å². The van der Waals surface area contributed by atoms with E-state index in [1.54, 1.807) is 42.9 Å². The van der Waals surface area contributed by atoms with Gasteiger partial charge in [0, 0.05) is 41.3 Å². The Morgan fingerprint density at radius 3 is 2.55 bits per heavy atom. The van der Waals surface area contributed by atoms with Crippen LogP contribution >= 0.6 is 0 Å². The van der Waals surface area contributed by atoms with Crippen molar-refractivity contribution in [1.82, 2.24) is 19.5 Å². The molecule has 0 bridgehead atoms. The van der Waals surface area contributed by atoms with Gasteiger partial charge in [0.05, 0.1) is 36.3 Å². The highest BCUT2D eigenvalue weighted by molar-refractivity contribution is 6.14. The minimum absolute atomic E-state index is 0.401. The van der Waals surface area contributed by atoms with Gasteiger partial charge in [-0.2, -0.15) is 0 Å². The van der Waals surface area contributed by atoms with Crippen LogP contribution in [0.4, 0.5) is 4.39 Å². The van der Waals surface area contributed by atoms with E-state index >= 15 is 4.39 Å². The Hall–Kier alpha value is -4.13. The molecule has 7 heteroatoms. The van der Waals surface area contributed by atoms with Gasteiger partial charge in [0.1, 0.15) is 11.5 Å². The summed E-state index contributed by atoms with van der Waals surface area (Å²) in [6.07, 6.45) is 6.43. The first kappa shape index (κ1) is 18.9. The largest absolute Gasteiger partial charge is 0.465 e. The topological polar surface area (TPSA) is 69.9 Å². The molecule has 0 aliphatic carbocycles. The van der Waals surface area contributed by atoms with Crippen molar-refractivity contribution in [2.45, 2.75) is 0 Å². The number of fused-ring (bicyclic) bond motifs is 3. The lowest BCUT2D eigenvalue weighted by atomic mass is 9.99. The van der Waals surface area contributed by atoms with Crippen LogP contribution in [0.25, 0.3) is 44.3 Å². The monoisotopic (exact) mass is 412 g/mol. The maximum Gasteiger partial charge on any atom is 0.337 e. The van der Waals surface area contributed by atoms with Gasteiger partial charge in [-0.25, -0.2) is 14.2 Å². The Morgan fingerprint density at radius 2 is 1.84 bits per heavy atom. The fourth-order valence-corrected chi connectivity index (χ4v) is 3.86. The predicted octanol–water partition coefficient (Wildman–Crippen LogP) is 4.78. The summed E-state index contributed by atoms with van der Waals surface area (Å²) in [5.74, 6) is -0.880. The van der Waals surface area contributed by atoms with E-state index in [9.17, 15) is 4.79 Å². The third kappa shape index (κ3) is 3.02. The molecule has 4 heterocycles. The molecule has 0 N–H and O–H groups in total. The second kappa shape index (κ2) is 7.28. The number of esters is 1. The van der Waals surface area contributed by atoms with Gasteiger partial charge in [0.25, 0.3) is 0 Å².